The summed E-state index contributed by atoms with van der Waals surface area (Å²) in [5, 5.41) is 2.75. The molecular formula is C45H82F2N2O6. The molecule has 1 amide bonds. The quantitative estimate of drug-likeness (QED) is 0.0287. The molecule has 10 heteroatoms. The monoisotopic (exact) mass is 785 g/mol. The van der Waals surface area contributed by atoms with Crippen LogP contribution in [0.4, 0.5) is 13.6 Å². The van der Waals surface area contributed by atoms with Gasteiger partial charge in [0.15, 0.2) is 6.10 Å². The van der Waals surface area contributed by atoms with Crippen LogP contribution in [-0.2, 0) is 23.8 Å². The van der Waals surface area contributed by atoms with Crippen LogP contribution in [-0.4, -0.2) is 81.3 Å². The molecule has 0 aromatic carbocycles. The summed E-state index contributed by atoms with van der Waals surface area (Å²) in [6.45, 7) is 3.89. The Hall–Kier alpha value is -2.23. The highest BCUT2D eigenvalue weighted by Crippen LogP contribution is 2.15. The fraction of sp³-hybridized carbons (Fsp3) is 0.889. The van der Waals surface area contributed by atoms with E-state index in [1.54, 1.807) is 0 Å². The number of unbranched alkanes of at least 4 members (excludes halogenated alkanes) is 23. The first kappa shape index (κ1) is 50.8. The van der Waals surface area contributed by atoms with E-state index in [0.717, 1.165) is 57.8 Å². The fourth-order valence-corrected chi connectivity index (χ4v) is 6.93. The Bertz CT molecular complexity index is 944. The lowest BCUT2D eigenvalue weighted by Gasteiger charge is -2.40. The highest BCUT2D eigenvalue weighted by atomic mass is 19.1. The molecule has 0 bridgehead atoms. The van der Waals surface area contributed by atoms with Crippen LogP contribution in [0.15, 0.2) is 12.2 Å². The molecule has 8 nitrogen and oxygen atoms in total. The van der Waals surface area contributed by atoms with Crippen molar-refractivity contribution in [2.45, 2.75) is 206 Å². The summed E-state index contributed by atoms with van der Waals surface area (Å²) >= 11 is 0. The number of carbonyl (C=O) groups is 3. The van der Waals surface area contributed by atoms with Gasteiger partial charge >= 0.3 is 18.0 Å². The Labute approximate surface area is 335 Å². The zero-order valence-corrected chi connectivity index (χ0v) is 35.3. The Morgan fingerprint density at radius 3 is 1.38 bits per heavy atom. The van der Waals surface area contributed by atoms with Gasteiger partial charge < -0.3 is 19.5 Å². The number of amides is 1. The molecule has 1 atom stereocenters. The number of hydrogen-bond donors (Lipinski definition) is 1. The van der Waals surface area contributed by atoms with Crippen LogP contribution >= 0.6 is 0 Å². The number of allylic oxidation sites excluding steroid dienone is 2. The second-order valence-corrected chi connectivity index (χ2v) is 16.0. The fourth-order valence-electron chi connectivity index (χ4n) is 6.93. The Morgan fingerprint density at radius 1 is 0.600 bits per heavy atom. The Morgan fingerprint density at radius 2 is 0.982 bits per heavy atom. The van der Waals surface area contributed by atoms with Gasteiger partial charge in [0, 0.05) is 38.4 Å². The second-order valence-electron chi connectivity index (χ2n) is 16.0. The molecule has 0 saturated carbocycles. The van der Waals surface area contributed by atoms with Gasteiger partial charge in [0.05, 0.1) is 19.4 Å². The number of halogens is 2. The van der Waals surface area contributed by atoms with E-state index < -0.39 is 31.5 Å². The lowest BCUT2D eigenvalue weighted by Crippen LogP contribution is -2.60. The lowest BCUT2D eigenvalue weighted by atomic mass is 10.0. The third-order valence-corrected chi connectivity index (χ3v) is 10.5. The van der Waals surface area contributed by atoms with E-state index in [2.05, 4.69) is 31.3 Å². The number of nitrogens with one attached hydrogen (secondary N) is 1. The maximum Gasteiger partial charge on any atom is 0.407 e. The van der Waals surface area contributed by atoms with E-state index in [0.29, 0.717) is 26.1 Å². The molecule has 1 heterocycles. The van der Waals surface area contributed by atoms with Crippen molar-refractivity contribution in [3.05, 3.63) is 12.2 Å². The van der Waals surface area contributed by atoms with Gasteiger partial charge in [0.1, 0.15) is 13.2 Å². The van der Waals surface area contributed by atoms with Crippen molar-refractivity contribution in [3.63, 3.8) is 0 Å². The first-order valence-electron chi connectivity index (χ1n) is 22.7. The third kappa shape index (κ3) is 31.5. The Kier molecular flexibility index (Phi) is 34.5. The van der Waals surface area contributed by atoms with Gasteiger partial charge in [-0.15, -0.1) is 0 Å². The molecule has 0 spiro atoms. The number of carbonyl (C=O) groups excluding carboxylic acids is 3. The van der Waals surface area contributed by atoms with Crippen molar-refractivity contribution in [1.82, 2.24) is 10.2 Å². The maximum atomic E-state index is 12.9. The van der Waals surface area contributed by atoms with Crippen LogP contribution in [0, 0.1) is 5.92 Å². The van der Waals surface area contributed by atoms with E-state index >= 15 is 0 Å². The summed E-state index contributed by atoms with van der Waals surface area (Å²) in [5.41, 5.74) is 0. The number of esters is 2. The summed E-state index contributed by atoms with van der Waals surface area (Å²) < 4.78 is 42.2. The number of alkyl carbamates (subject to hydrolysis) is 1. The zero-order valence-electron chi connectivity index (χ0n) is 35.3. The van der Waals surface area contributed by atoms with Crippen molar-refractivity contribution < 1.29 is 37.4 Å². The number of hydrogen-bond acceptors (Lipinski definition) is 7. The van der Waals surface area contributed by atoms with Crippen LogP contribution in [0.1, 0.15) is 194 Å². The van der Waals surface area contributed by atoms with E-state index in [1.165, 1.54) is 109 Å². The van der Waals surface area contributed by atoms with Crippen LogP contribution in [0.25, 0.3) is 0 Å². The standard InChI is InChI=1S/C45H82F2N2O6/c1-3-5-7-9-11-13-15-17-18-20-22-24-26-28-30-32-44(51)54-39-42(55-45(52)48-41-36-49(37-41)35-40(33-46)34-47)38-53-43(50)31-29-27-25-23-21-19-16-14-12-10-8-6-4-2/h17-18,40-42H,3-16,19-39H2,1-2H3,(H,48,52)/b18-17-. The molecular weight excluding hydrogens is 702 g/mol. The predicted octanol–water partition coefficient (Wildman–Crippen LogP) is 11.9. The van der Waals surface area contributed by atoms with Crippen molar-refractivity contribution in [3.8, 4) is 0 Å². The van der Waals surface area contributed by atoms with Gasteiger partial charge in [0.25, 0.3) is 0 Å². The summed E-state index contributed by atoms with van der Waals surface area (Å²) in [5.74, 6) is -1.38. The van der Waals surface area contributed by atoms with E-state index in [-0.39, 0.29) is 37.6 Å². The van der Waals surface area contributed by atoms with Gasteiger partial charge in [-0.25, -0.2) is 4.79 Å². The minimum Gasteiger partial charge on any atom is -0.462 e. The minimum atomic E-state index is -0.938. The number of rotatable bonds is 39. The molecule has 1 unspecified atom stereocenters. The summed E-state index contributed by atoms with van der Waals surface area (Å²) in [7, 11) is 0. The first-order chi connectivity index (χ1) is 26.9. The van der Waals surface area contributed by atoms with E-state index in [9.17, 15) is 23.2 Å². The third-order valence-electron chi connectivity index (χ3n) is 10.5. The van der Waals surface area contributed by atoms with Crippen LogP contribution in [0.2, 0.25) is 0 Å². The lowest BCUT2D eigenvalue weighted by molar-refractivity contribution is -0.152. The number of nitrogens with zero attached hydrogens (tertiary/aromatic N) is 1. The topological polar surface area (TPSA) is 94.2 Å². The Balaban J connectivity index is 2.29. The average molecular weight is 785 g/mol. The number of likely N-dealkylation sites (tertiary alicyclic amines) is 1. The molecule has 1 aliphatic rings. The molecule has 1 rings (SSSR count). The zero-order chi connectivity index (χ0) is 40.0. The molecule has 322 valence electrons. The maximum absolute atomic E-state index is 12.9. The smallest absolute Gasteiger partial charge is 0.407 e. The van der Waals surface area contributed by atoms with Gasteiger partial charge in [-0.1, -0.05) is 154 Å². The number of ether oxygens (including phenoxy) is 3. The van der Waals surface area contributed by atoms with Crippen molar-refractivity contribution >= 4 is 18.0 Å². The van der Waals surface area contributed by atoms with Crippen molar-refractivity contribution in [2.24, 2.45) is 5.92 Å². The molecule has 1 saturated heterocycles. The van der Waals surface area contributed by atoms with Crippen LogP contribution in [0.3, 0.4) is 0 Å². The largest absolute Gasteiger partial charge is 0.462 e. The molecule has 55 heavy (non-hydrogen) atoms. The van der Waals surface area contributed by atoms with Crippen molar-refractivity contribution in [2.75, 3.05) is 46.2 Å². The average Bonchev–Trinajstić information content (AvgIpc) is 3.16. The highest BCUT2D eigenvalue weighted by Gasteiger charge is 2.31. The minimum absolute atomic E-state index is 0.198. The van der Waals surface area contributed by atoms with Gasteiger partial charge in [-0.05, 0) is 38.5 Å². The molecule has 0 aliphatic carbocycles. The molecule has 1 fully saturated rings. The summed E-state index contributed by atoms with van der Waals surface area (Å²) in [4.78, 5) is 39.6. The van der Waals surface area contributed by atoms with Crippen LogP contribution < -0.4 is 5.32 Å². The normalized spacial score (nSPS) is 14.0. The van der Waals surface area contributed by atoms with Crippen LogP contribution in [0.5, 0.6) is 0 Å². The first-order valence-corrected chi connectivity index (χ1v) is 22.7. The molecule has 0 radical (unpaired) electrons. The molecule has 1 N–H and O–H groups in total. The molecule has 0 aromatic rings. The van der Waals surface area contributed by atoms with Crippen molar-refractivity contribution in [1.29, 1.82) is 0 Å². The highest BCUT2D eigenvalue weighted by molar-refractivity contribution is 5.70. The molecule has 1 aliphatic heterocycles. The predicted molar refractivity (Wildman–Crippen MR) is 221 cm³/mol. The number of alkyl halides is 2. The summed E-state index contributed by atoms with van der Waals surface area (Å²) in [6.07, 6.45) is 34.7. The van der Waals surface area contributed by atoms with E-state index in [4.69, 9.17) is 14.2 Å². The SMILES string of the molecule is CCCCCCCC/C=C\CCCCCCCC(=O)OCC(COC(=O)CCCCCCCCCCCCCCC)OC(=O)NC1CN(CC(CF)CF)C1. The van der Waals surface area contributed by atoms with E-state index in [1.807, 2.05) is 4.90 Å². The van der Waals surface area contributed by atoms with Gasteiger partial charge in [-0.3, -0.25) is 23.3 Å². The summed E-state index contributed by atoms with van der Waals surface area (Å²) in [6, 6.07) is -0.213. The van der Waals surface area contributed by atoms with Gasteiger partial charge in [0.2, 0.25) is 0 Å². The van der Waals surface area contributed by atoms with Gasteiger partial charge in [-0.2, -0.15) is 0 Å². The molecule has 0 aromatic heterocycles. The second kappa shape index (κ2) is 37.4.